The highest BCUT2D eigenvalue weighted by Gasteiger charge is 2.29. The molecule has 0 radical (unpaired) electrons. The first-order valence-electron chi connectivity index (χ1n) is 8.85. The van der Waals surface area contributed by atoms with Gasteiger partial charge in [0.15, 0.2) is 5.82 Å². The van der Waals surface area contributed by atoms with Crippen molar-refractivity contribution in [3.63, 3.8) is 0 Å². The van der Waals surface area contributed by atoms with Gasteiger partial charge in [-0.15, -0.1) is 0 Å². The van der Waals surface area contributed by atoms with Crippen molar-refractivity contribution in [2.24, 2.45) is 0 Å². The van der Waals surface area contributed by atoms with Crippen molar-refractivity contribution < 1.29 is 8.42 Å². The maximum Gasteiger partial charge on any atom is 0.181 e. The molecule has 3 aromatic rings. The zero-order chi connectivity index (χ0) is 18.0. The molecule has 1 aromatic heterocycles. The Morgan fingerprint density at radius 1 is 0.923 bits per heavy atom. The van der Waals surface area contributed by atoms with Crippen LogP contribution in [0.4, 0.5) is 0 Å². The van der Waals surface area contributed by atoms with Crippen molar-refractivity contribution in [2.75, 3.05) is 11.5 Å². The van der Waals surface area contributed by atoms with E-state index in [1.54, 1.807) is 0 Å². The van der Waals surface area contributed by atoms with Crippen molar-refractivity contribution in [3.05, 3.63) is 72.1 Å². The number of sulfone groups is 1. The van der Waals surface area contributed by atoms with Crippen LogP contribution < -0.4 is 0 Å². The minimum absolute atomic E-state index is 0.132. The molecular formula is C20H21N3O2S. The molecular weight excluding hydrogens is 346 g/mol. The summed E-state index contributed by atoms with van der Waals surface area (Å²) in [6, 6.07) is 20.1. The highest BCUT2D eigenvalue weighted by Crippen LogP contribution is 2.30. The minimum Gasteiger partial charge on any atom is -0.245 e. The Kier molecular flexibility index (Phi) is 4.59. The van der Waals surface area contributed by atoms with E-state index in [4.69, 9.17) is 10.1 Å². The van der Waals surface area contributed by atoms with Crippen molar-refractivity contribution in [2.45, 2.75) is 25.3 Å². The number of aromatic nitrogens is 3. The molecule has 134 valence electrons. The zero-order valence-corrected chi connectivity index (χ0v) is 15.3. The molecule has 2 aromatic carbocycles. The molecule has 0 bridgehead atoms. The Bertz CT molecular complexity index is 968. The summed E-state index contributed by atoms with van der Waals surface area (Å²) in [5.41, 5.74) is 2.13. The maximum absolute atomic E-state index is 11.8. The topological polar surface area (TPSA) is 64.8 Å². The molecule has 1 saturated heterocycles. The Labute approximate surface area is 153 Å². The molecule has 0 spiro atoms. The van der Waals surface area contributed by atoms with Gasteiger partial charge in [-0.05, 0) is 18.4 Å². The van der Waals surface area contributed by atoms with Crippen LogP contribution in [0.2, 0.25) is 0 Å². The average molecular weight is 367 g/mol. The van der Waals surface area contributed by atoms with Crippen LogP contribution in [0.5, 0.6) is 0 Å². The molecule has 1 aliphatic heterocycles. The summed E-state index contributed by atoms with van der Waals surface area (Å²) in [7, 11) is -2.90. The normalized spacial score (nSPS) is 17.2. The van der Waals surface area contributed by atoms with Gasteiger partial charge in [0.25, 0.3) is 0 Å². The number of nitrogens with zero attached hydrogens (tertiary/aromatic N) is 3. The largest absolute Gasteiger partial charge is 0.245 e. The summed E-state index contributed by atoms with van der Waals surface area (Å²) < 4.78 is 25.5. The quantitative estimate of drug-likeness (QED) is 0.710. The van der Waals surface area contributed by atoms with Gasteiger partial charge in [0.05, 0.1) is 18.1 Å². The number of hydrogen-bond acceptors (Lipinski definition) is 4. The molecule has 4 rings (SSSR count). The van der Waals surface area contributed by atoms with Crippen LogP contribution in [0.25, 0.3) is 11.4 Å². The molecule has 0 saturated carbocycles. The van der Waals surface area contributed by atoms with Crippen LogP contribution >= 0.6 is 0 Å². The Morgan fingerprint density at radius 2 is 1.54 bits per heavy atom. The fraction of sp³-hybridized carbons (Fsp3) is 0.300. The van der Waals surface area contributed by atoms with Gasteiger partial charge >= 0.3 is 0 Å². The standard InChI is InChI=1S/C20H21N3O2S/c24-26(25)13-11-18(12-14-26)20-21-19(17-9-5-2-6-10-17)22-23(20)15-16-7-3-1-4-8-16/h1-10,18H,11-15H2. The molecule has 6 heteroatoms. The maximum atomic E-state index is 11.8. The molecule has 5 nitrogen and oxygen atoms in total. The van der Waals surface area contributed by atoms with Crippen LogP contribution in [0.3, 0.4) is 0 Å². The number of benzene rings is 2. The predicted molar refractivity (Wildman–Crippen MR) is 102 cm³/mol. The second-order valence-corrected chi connectivity index (χ2v) is 9.03. The second-order valence-electron chi connectivity index (χ2n) is 6.73. The van der Waals surface area contributed by atoms with Crippen LogP contribution in [-0.2, 0) is 16.4 Å². The summed E-state index contributed by atoms with van der Waals surface area (Å²) in [6.45, 7) is 0.638. The van der Waals surface area contributed by atoms with Crippen LogP contribution in [0, 0.1) is 0 Å². The second kappa shape index (κ2) is 7.03. The van der Waals surface area contributed by atoms with E-state index in [1.165, 1.54) is 0 Å². The third-order valence-corrected chi connectivity index (χ3v) is 6.54. The summed E-state index contributed by atoms with van der Waals surface area (Å²) in [6.07, 6.45) is 1.23. The lowest BCUT2D eigenvalue weighted by Gasteiger charge is -2.21. The van der Waals surface area contributed by atoms with Gasteiger partial charge in [-0.3, -0.25) is 0 Å². The lowest BCUT2D eigenvalue weighted by Crippen LogP contribution is -2.24. The van der Waals surface area contributed by atoms with Gasteiger partial charge in [0.1, 0.15) is 15.7 Å². The minimum atomic E-state index is -2.90. The molecule has 26 heavy (non-hydrogen) atoms. The van der Waals surface area contributed by atoms with E-state index in [0.29, 0.717) is 25.2 Å². The molecule has 0 unspecified atom stereocenters. The molecule has 1 fully saturated rings. The summed E-state index contributed by atoms with van der Waals surface area (Å²) in [4.78, 5) is 4.81. The van der Waals surface area contributed by atoms with Crippen molar-refractivity contribution in [1.82, 2.24) is 14.8 Å². The van der Waals surface area contributed by atoms with Crippen molar-refractivity contribution in [1.29, 1.82) is 0 Å². The molecule has 2 heterocycles. The van der Waals surface area contributed by atoms with Gasteiger partial charge in [0, 0.05) is 11.5 Å². The number of hydrogen-bond donors (Lipinski definition) is 0. The van der Waals surface area contributed by atoms with Gasteiger partial charge in [-0.1, -0.05) is 60.7 Å². The first-order chi connectivity index (χ1) is 12.6. The first-order valence-corrected chi connectivity index (χ1v) is 10.7. The molecule has 0 atom stereocenters. The van der Waals surface area contributed by atoms with Gasteiger partial charge in [-0.2, -0.15) is 5.10 Å². The van der Waals surface area contributed by atoms with E-state index in [-0.39, 0.29) is 17.4 Å². The molecule has 0 N–H and O–H groups in total. The Balaban J connectivity index is 1.69. The van der Waals surface area contributed by atoms with E-state index < -0.39 is 9.84 Å². The third-order valence-electron chi connectivity index (χ3n) is 4.83. The third kappa shape index (κ3) is 3.70. The average Bonchev–Trinajstić information content (AvgIpc) is 3.07. The monoisotopic (exact) mass is 367 g/mol. The first kappa shape index (κ1) is 17.0. The SMILES string of the molecule is O=S1(=O)CCC(c2nc(-c3ccccc3)nn2Cc2ccccc2)CC1. The highest BCUT2D eigenvalue weighted by atomic mass is 32.2. The summed E-state index contributed by atoms with van der Waals surface area (Å²) in [5, 5.41) is 4.74. The van der Waals surface area contributed by atoms with Gasteiger partial charge < -0.3 is 0 Å². The smallest absolute Gasteiger partial charge is 0.181 e. The number of rotatable bonds is 4. The molecule has 0 aliphatic carbocycles. The Morgan fingerprint density at radius 3 is 2.19 bits per heavy atom. The van der Waals surface area contributed by atoms with Gasteiger partial charge in [0.2, 0.25) is 0 Å². The van der Waals surface area contributed by atoms with Crippen molar-refractivity contribution in [3.8, 4) is 11.4 Å². The van der Waals surface area contributed by atoms with Crippen LogP contribution in [0.15, 0.2) is 60.7 Å². The highest BCUT2D eigenvalue weighted by molar-refractivity contribution is 7.91. The van der Waals surface area contributed by atoms with E-state index in [0.717, 1.165) is 17.0 Å². The fourth-order valence-corrected chi connectivity index (χ4v) is 4.88. The van der Waals surface area contributed by atoms with E-state index >= 15 is 0 Å². The zero-order valence-electron chi connectivity index (χ0n) is 14.5. The predicted octanol–water partition coefficient (Wildman–Crippen LogP) is 3.29. The molecule has 1 aliphatic rings. The summed E-state index contributed by atoms with van der Waals surface area (Å²) >= 11 is 0. The lowest BCUT2D eigenvalue weighted by atomic mass is 10.0. The van der Waals surface area contributed by atoms with E-state index in [9.17, 15) is 8.42 Å². The van der Waals surface area contributed by atoms with Crippen LogP contribution in [0.1, 0.15) is 30.1 Å². The van der Waals surface area contributed by atoms with E-state index in [1.807, 2.05) is 53.2 Å². The fourth-order valence-electron chi connectivity index (χ4n) is 3.39. The Hall–Kier alpha value is -2.47. The van der Waals surface area contributed by atoms with Gasteiger partial charge in [-0.25, -0.2) is 18.1 Å². The summed E-state index contributed by atoms with van der Waals surface area (Å²) in [5.74, 6) is 2.19. The van der Waals surface area contributed by atoms with E-state index in [2.05, 4.69) is 12.1 Å². The van der Waals surface area contributed by atoms with Crippen molar-refractivity contribution >= 4 is 9.84 Å². The lowest BCUT2D eigenvalue weighted by molar-refractivity contribution is 0.508. The van der Waals surface area contributed by atoms with Crippen LogP contribution in [-0.4, -0.2) is 34.7 Å². The molecule has 0 amide bonds.